The van der Waals surface area contributed by atoms with Crippen molar-refractivity contribution in [3.05, 3.63) is 95.1 Å². The molecule has 2 amide bonds. The molecule has 4 rings (SSSR count). The van der Waals surface area contributed by atoms with Crippen LogP contribution >= 0.6 is 11.8 Å². The molecule has 234 valence electrons. The molecule has 0 saturated carbocycles. The number of aliphatic hydroxyl groups excluding tert-OH is 1. The van der Waals surface area contributed by atoms with E-state index in [2.05, 4.69) is 5.32 Å². The standard InChI is InChI=1S/C33H38N2O8S/c36-20-22-14-16-23(17-15-22)28-19-26(21-44-29-11-6-5-10-27(29)32(39)40)42-33(43-28)24-8-7-9-25(18-24)34-30(37)12-3-1-2-4-13-31(38)35-41/h5-11,14-18,26,28,33,36,41H,1-4,12-13,19-21H2,(H,34,37)(H,35,38)(H,39,40)/t26-,28+,33+/m0/s1. The smallest absolute Gasteiger partial charge is 0.336 e. The maximum absolute atomic E-state index is 12.6. The molecule has 0 bridgehead atoms. The van der Waals surface area contributed by atoms with Crippen LogP contribution in [0.1, 0.15) is 84.4 Å². The highest BCUT2D eigenvalue weighted by atomic mass is 32.2. The van der Waals surface area contributed by atoms with E-state index < -0.39 is 18.2 Å². The summed E-state index contributed by atoms with van der Waals surface area (Å²) in [6, 6.07) is 21.8. The van der Waals surface area contributed by atoms with E-state index in [0.717, 1.165) is 29.5 Å². The van der Waals surface area contributed by atoms with Crippen LogP contribution in [0, 0.1) is 0 Å². The zero-order valence-electron chi connectivity index (χ0n) is 24.3. The number of hydrogen-bond acceptors (Lipinski definition) is 8. The zero-order chi connectivity index (χ0) is 31.3. The summed E-state index contributed by atoms with van der Waals surface area (Å²) in [4.78, 5) is 36.0. The molecule has 1 aliphatic heterocycles. The summed E-state index contributed by atoms with van der Waals surface area (Å²) in [5.74, 6) is -0.995. The second kappa shape index (κ2) is 16.9. The largest absolute Gasteiger partial charge is 0.478 e. The van der Waals surface area contributed by atoms with E-state index in [4.69, 9.17) is 14.7 Å². The fraction of sp³-hybridized carbons (Fsp3) is 0.364. The first-order valence-electron chi connectivity index (χ1n) is 14.6. The van der Waals surface area contributed by atoms with Gasteiger partial charge in [-0.1, -0.05) is 61.4 Å². The molecule has 0 aromatic heterocycles. The van der Waals surface area contributed by atoms with Crippen molar-refractivity contribution in [1.82, 2.24) is 5.48 Å². The minimum atomic E-state index is -0.980. The van der Waals surface area contributed by atoms with Crippen molar-refractivity contribution in [2.45, 2.75) is 74.9 Å². The number of amides is 2. The van der Waals surface area contributed by atoms with Crippen molar-refractivity contribution in [3.63, 3.8) is 0 Å². The van der Waals surface area contributed by atoms with Gasteiger partial charge in [0.1, 0.15) is 0 Å². The molecule has 1 heterocycles. The van der Waals surface area contributed by atoms with Crippen LogP contribution in [0.5, 0.6) is 0 Å². The van der Waals surface area contributed by atoms with E-state index in [0.29, 0.717) is 42.0 Å². The second-order valence-electron chi connectivity index (χ2n) is 10.6. The van der Waals surface area contributed by atoms with Gasteiger partial charge in [-0.15, -0.1) is 11.8 Å². The molecule has 0 spiro atoms. The Balaban J connectivity index is 1.41. The summed E-state index contributed by atoms with van der Waals surface area (Å²) in [5.41, 5.74) is 4.96. The van der Waals surface area contributed by atoms with Gasteiger partial charge in [0, 0.05) is 41.2 Å². The molecule has 44 heavy (non-hydrogen) atoms. The fourth-order valence-electron chi connectivity index (χ4n) is 4.94. The highest BCUT2D eigenvalue weighted by Crippen LogP contribution is 2.40. The Morgan fingerprint density at radius 1 is 0.841 bits per heavy atom. The number of aromatic carboxylic acids is 1. The van der Waals surface area contributed by atoms with Gasteiger partial charge in [-0.05, 0) is 48.2 Å². The number of carbonyl (C=O) groups excluding carboxylic acids is 2. The van der Waals surface area contributed by atoms with E-state index in [9.17, 15) is 24.6 Å². The molecule has 0 unspecified atom stereocenters. The van der Waals surface area contributed by atoms with Crippen LogP contribution in [-0.2, 0) is 25.7 Å². The number of anilines is 1. The third kappa shape index (κ3) is 9.90. The van der Waals surface area contributed by atoms with Gasteiger partial charge in [-0.2, -0.15) is 0 Å². The molecule has 1 saturated heterocycles. The number of carbonyl (C=O) groups is 3. The maximum Gasteiger partial charge on any atom is 0.336 e. The summed E-state index contributed by atoms with van der Waals surface area (Å²) >= 11 is 1.43. The van der Waals surface area contributed by atoms with Crippen molar-refractivity contribution >= 4 is 35.2 Å². The molecule has 0 aliphatic carbocycles. The van der Waals surface area contributed by atoms with E-state index >= 15 is 0 Å². The van der Waals surface area contributed by atoms with Crippen LogP contribution in [0.3, 0.4) is 0 Å². The van der Waals surface area contributed by atoms with Gasteiger partial charge in [0.15, 0.2) is 6.29 Å². The first-order chi connectivity index (χ1) is 21.4. The SMILES string of the molecule is O=C(CCCCCCC(=O)Nc1cccc([C@@H]2O[C@H](CSc3ccccc3C(=O)O)C[C@H](c3ccc(CO)cc3)O2)c1)NO. The average Bonchev–Trinajstić information content (AvgIpc) is 3.05. The van der Waals surface area contributed by atoms with E-state index in [-0.39, 0.29) is 36.7 Å². The van der Waals surface area contributed by atoms with Crippen molar-refractivity contribution in [2.75, 3.05) is 11.1 Å². The molecule has 11 heteroatoms. The first kappa shape index (κ1) is 33.2. The number of hydrogen-bond donors (Lipinski definition) is 5. The van der Waals surface area contributed by atoms with Crippen molar-refractivity contribution in [3.8, 4) is 0 Å². The molecule has 1 fully saturated rings. The monoisotopic (exact) mass is 622 g/mol. The van der Waals surface area contributed by atoms with Crippen LogP contribution in [0.25, 0.3) is 0 Å². The summed E-state index contributed by atoms with van der Waals surface area (Å²) in [5, 5.41) is 30.5. The van der Waals surface area contributed by atoms with Crippen molar-refractivity contribution in [2.24, 2.45) is 0 Å². The van der Waals surface area contributed by atoms with Gasteiger partial charge in [-0.25, -0.2) is 10.3 Å². The van der Waals surface area contributed by atoms with Gasteiger partial charge in [0.2, 0.25) is 11.8 Å². The van der Waals surface area contributed by atoms with Gasteiger partial charge in [0.05, 0.1) is 24.4 Å². The molecular formula is C33H38N2O8S. The summed E-state index contributed by atoms with van der Waals surface area (Å²) in [6.07, 6.45) is 2.79. The maximum atomic E-state index is 12.6. The van der Waals surface area contributed by atoms with Crippen LogP contribution in [0.2, 0.25) is 0 Å². The molecule has 1 aliphatic rings. The van der Waals surface area contributed by atoms with E-state index in [1.54, 1.807) is 29.7 Å². The number of unbranched alkanes of at least 4 members (excludes halogenated alkanes) is 3. The van der Waals surface area contributed by atoms with Gasteiger partial charge >= 0.3 is 5.97 Å². The van der Waals surface area contributed by atoms with Crippen LogP contribution in [0.4, 0.5) is 5.69 Å². The zero-order valence-corrected chi connectivity index (χ0v) is 25.1. The summed E-state index contributed by atoms with van der Waals surface area (Å²) < 4.78 is 12.8. The fourth-order valence-corrected chi connectivity index (χ4v) is 6.01. The lowest BCUT2D eigenvalue weighted by Crippen LogP contribution is -2.31. The Kier molecular flexibility index (Phi) is 12.8. The minimum absolute atomic E-state index is 0.0539. The molecule has 5 N–H and O–H groups in total. The van der Waals surface area contributed by atoms with Crippen LogP contribution in [-0.4, -0.2) is 45.1 Å². The Labute approximate surface area is 260 Å². The molecule has 0 radical (unpaired) electrons. The molecule has 10 nitrogen and oxygen atoms in total. The Morgan fingerprint density at radius 2 is 1.57 bits per heavy atom. The predicted octanol–water partition coefficient (Wildman–Crippen LogP) is 6.00. The lowest BCUT2D eigenvalue weighted by atomic mass is 10.0. The number of carboxylic acids is 1. The minimum Gasteiger partial charge on any atom is -0.478 e. The topological polar surface area (TPSA) is 154 Å². The number of ether oxygens (including phenoxy) is 2. The third-order valence-corrected chi connectivity index (χ3v) is 8.49. The first-order valence-corrected chi connectivity index (χ1v) is 15.6. The van der Waals surface area contributed by atoms with E-state index in [1.807, 2.05) is 48.5 Å². The van der Waals surface area contributed by atoms with Crippen LogP contribution in [0.15, 0.2) is 77.7 Å². The van der Waals surface area contributed by atoms with Crippen LogP contribution < -0.4 is 10.8 Å². The second-order valence-corrected chi connectivity index (χ2v) is 11.6. The number of benzene rings is 3. The number of carboxylic acid groups (broad SMARTS) is 1. The lowest BCUT2D eigenvalue weighted by molar-refractivity contribution is -0.245. The number of rotatable bonds is 15. The quantitative estimate of drug-likeness (QED) is 0.0594. The normalized spacial score (nSPS) is 18.0. The van der Waals surface area contributed by atoms with Crippen molar-refractivity contribution in [1.29, 1.82) is 0 Å². The number of aliphatic hydroxyl groups is 1. The summed E-state index contributed by atoms with van der Waals surface area (Å²) in [6.45, 7) is -0.0539. The van der Waals surface area contributed by atoms with Gasteiger partial charge < -0.3 is 25.0 Å². The Bertz CT molecular complexity index is 1400. The predicted molar refractivity (Wildman–Crippen MR) is 165 cm³/mol. The molecule has 3 atom stereocenters. The number of nitrogens with one attached hydrogen (secondary N) is 2. The molecular weight excluding hydrogens is 584 g/mol. The highest BCUT2D eigenvalue weighted by molar-refractivity contribution is 7.99. The molecule has 3 aromatic carbocycles. The van der Waals surface area contributed by atoms with E-state index in [1.165, 1.54) is 11.8 Å². The number of thioether (sulfide) groups is 1. The lowest BCUT2D eigenvalue weighted by Gasteiger charge is -2.36. The van der Waals surface area contributed by atoms with Crippen molar-refractivity contribution < 1.29 is 39.3 Å². The third-order valence-electron chi connectivity index (χ3n) is 7.28. The summed E-state index contributed by atoms with van der Waals surface area (Å²) in [7, 11) is 0. The average molecular weight is 623 g/mol. The Morgan fingerprint density at radius 3 is 2.27 bits per heavy atom. The highest BCUT2D eigenvalue weighted by Gasteiger charge is 2.32. The van der Waals surface area contributed by atoms with Gasteiger partial charge in [-0.3, -0.25) is 14.8 Å². The number of hydroxylamine groups is 1. The Hall–Kier alpha value is -3.74. The molecule has 3 aromatic rings. The van der Waals surface area contributed by atoms with Gasteiger partial charge in [0.25, 0.3) is 0 Å².